The summed E-state index contributed by atoms with van der Waals surface area (Å²) < 4.78 is 0. The van der Waals surface area contributed by atoms with Crippen LogP contribution in [0, 0.1) is 0 Å². The Bertz CT molecular complexity index is 1010. The van der Waals surface area contributed by atoms with Crippen LogP contribution in [0.3, 0.4) is 0 Å². The summed E-state index contributed by atoms with van der Waals surface area (Å²) in [7, 11) is 0. The number of fused-ring (bicyclic) bond motifs is 2. The topological polar surface area (TPSA) is 71.9 Å². The minimum absolute atomic E-state index is 0.147. The molecule has 4 rings (SSSR count). The van der Waals surface area contributed by atoms with Crippen LogP contribution in [0.5, 0.6) is 11.5 Å². The predicted molar refractivity (Wildman–Crippen MR) is 81.4 cm³/mol. The molecule has 0 radical (unpaired) electrons. The molecule has 0 spiro atoms. The second-order valence-electron chi connectivity index (χ2n) is 5.04. The van der Waals surface area contributed by atoms with Crippen LogP contribution in [-0.2, 0) is 0 Å². The van der Waals surface area contributed by atoms with E-state index in [0.29, 0.717) is 22.3 Å². The van der Waals surface area contributed by atoms with Crippen LogP contribution in [0.15, 0.2) is 60.8 Å². The second kappa shape index (κ2) is 4.70. The summed E-state index contributed by atoms with van der Waals surface area (Å²) in [5.41, 5.74) is 1.74. The molecule has 2 aromatic heterocycles. The van der Waals surface area contributed by atoms with Crippen molar-refractivity contribution in [3.63, 3.8) is 0 Å². The Labute approximate surface area is 126 Å². The number of nitrogens with zero attached hydrogens (tertiary/aromatic N) is 2. The molecule has 0 bridgehead atoms. The van der Waals surface area contributed by atoms with Gasteiger partial charge in [0.15, 0.2) is 0 Å². The monoisotopic (exact) mass is 286 g/mol. The zero-order valence-electron chi connectivity index (χ0n) is 11.5. The zero-order chi connectivity index (χ0) is 15.1. The average Bonchev–Trinajstić information content (AvgIpc) is 2.56. The Morgan fingerprint density at radius 2 is 1.50 bits per heavy atom. The van der Waals surface area contributed by atoms with Crippen LogP contribution >= 0.6 is 0 Å². The number of aromatic nitrogens is 2. The van der Waals surface area contributed by atoms with Crippen molar-refractivity contribution >= 4 is 21.8 Å². The number of pyridine rings is 2. The van der Waals surface area contributed by atoms with Crippen LogP contribution in [0.2, 0.25) is 0 Å². The van der Waals surface area contributed by atoms with Crippen LogP contribution in [0.25, 0.3) is 33.1 Å². The molecule has 0 saturated heterocycles. The molecule has 4 nitrogen and oxygen atoms in total. The third-order valence-corrected chi connectivity index (χ3v) is 3.69. The highest BCUT2D eigenvalue weighted by molar-refractivity contribution is 5.92. The normalized spacial score (nSPS) is 11.1. The van der Waals surface area contributed by atoms with Gasteiger partial charge in [-0.2, -0.15) is 0 Å². The van der Waals surface area contributed by atoms with E-state index in [0.717, 1.165) is 10.8 Å². The van der Waals surface area contributed by atoms with Crippen LogP contribution in [0.1, 0.15) is 0 Å². The van der Waals surface area contributed by atoms with E-state index in [9.17, 15) is 10.2 Å². The van der Waals surface area contributed by atoms with E-state index in [2.05, 4.69) is 9.97 Å². The lowest BCUT2D eigenvalue weighted by Gasteiger charge is -2.17. The highest BCUT2D eigenvalue weighted by atomic mass is 16.3. The van der Waals surface area contributed by atoms with Gasteiger partial charge in [-0.05, 0) is 28.5 Å². The lowest BCUT2D eigenvalue weighted by molar-refractivity contribution is -0.266. The summed E-state index contributed by atoms with van der Waals surface area (Å²) >= 11 is 0. The van der Waals surface area contributed by atoms with Gasteiger partial charge in [0.2, 0.25) is 0 Å². The molecule has 2 aromatic carbocycles. The second-order valence-corrected chi connectivity index (χ2v) is 5.04. The zero-order valence-corrected chi connectivity index (χ0v) is 11.5. The molecular formula is C18H10N2O2-2. The van der Waals surface area contributed by atoms with E-state index in [1.807, 2.05) is 18.2 Å². The highest BCUT2D eigenvalue weighted by Gasteiger charge is 2.06. The lowest BCUT2D eigenvalue weighted by atomic mass is 10.1. The van der Waals surface area contributed by atoms with Crippen LogP contribution in [0.4, 0.5) is 0 Å². The maximum absolute atomic E-state index is 12.6. The maximum atomic E-state index is 12.6. The number of hydrogen-bond donors (Lipinski definition) is 0. The molecule has 4 aromatic rings. The first kappa shape index (κ1) is 12.6. The highest BCUT2D eigenvalue weighted by Crippen LogP contribution is 2.33. The standard InChI is InChI=1S/C18H12N2O2/c21-15-5-1-3-11-7-9-14(20-16(11)15)13-8-6-12-4-2-10-19-17(12)18(13)22/h1-10,21-22H/p-2. The summed E-state index contributed by atoms with van der Waals surface area (Å²) in [6.45, 7) is 0. The molecule has 106 valence electrons. The van der Waals surface area contributed by atoms with E-state index in [-0.39, 0.29) is 11.5 Å². The minimum atomic E-state index is -0.173. The van der Waals surface area contributed by atoms with Crippen LogP contribution in [-0.4, -0.2) is 9.97 Å². The van der Waals surface area contributed by atoms with Gasteiger partial charge < -0.3 is 10.2 Å². The fourth-order valence-electron chi connectivity index (χ4n) is 2.59. The first-order valence-corrected chi connectivity index (χ1v) is 6.86. The Hall–Kier alpha value is -3.14. The number of hydrogen-bond acceptors (Lipinski definition) is 4. The van der Waals surface area contributed by atoms with E-state index < -0.39 is 0 Å². The van der Waals surface area contributed by atoms with Crippen molar-refractivity contribution in [2.24, 2.45) is 0 Å². The summed E-state index contributed by atoms with van der Waals surface area (Å²) in [5, 5.41) is 26.0. The number of rotatable bonds is 1. The van der Waals surface area contributed by atoms with Gasteiger partial charge in [-0.3, -0.25) is 4.98 Å². The van der Waals surface area contributed by atoms with Crippen molar-refractivity contribution in [3.05, 3.63) is 60.8 Å². The fourth-order valence-corrected chi connectivity index (χ4v) is 2.59. The number of benzene rings is 2. The van der Waals surface area contributed by atoms with Gasteiger partial charge in [0, 0.05) is 6.20 Å². The first-order chi connectivity index (χ1) is 10.7. The van der Waals surface area contributed by atoms with Gasteiger partial charge in [-0.25, -0.2) is 4.98 Å². The van der Waals surface area contributed by atoms with Crippen molar-refractivity contribution in [2.45, 2.75) is 0 Å². The first-order valence-electron chi connectivity index (χ1n) is 6.86. The SMILES string of the molecule is [O-]c1cccc2ccc(-c3ccc4cccnc4c3[O-])nc12. The number of para-hydroxylation sites is 1. The Morgan fingerprint density at radius 3 is 2.41 bits per heavy atom. The molecule has 0 fully saturated rings. The van der Waals surface area contributed by atoms with Crippen molar-refractivity contribution < 1.29 is 10.2 Å². The van der Waals surface area contributed by atoms with Gasteiger partial charge in [0.25, 0.3) is 0 Å². The molecule has 0 atom stereocenters. The van der Waals surface area contributed by atoms with Gasteiger partial charge in [-0.15, -0.1) is 0 Å². The summed E-state index contributed by atoms with van der Waals surface area (Å²) in [5.74, 6) is -0.320. The predicted octanol–water partition coefficient (Wildman–Crippen LogP) is 2.60. The average molecular weight is 286 g/mol. The van der Waals surface area contributed by atoms with E-state index in [4.69, 9.17) is 0 Å². The molecular weight excluding hydrogens is 276 g/mol. The van der Waals surface area contributed by atoms with Gasteiger partial charge in [0.05, 0.1) is 16.7 Å². The molecule has 22 heavy (non-hydrogen) atoms. The van der Waals surface area contributed by atoms with E-state index in [1.54, 1.807) is 36.5 Å². The van der Waals surface area contributed by atoms with Gasteiger partial charge >= 0.3 is 0 Å². The molecule has 0 aliphatic heterocycles. The third-order valence-electron chi connectivity index (χ3n) is 3.69. The smallest absolute Gasteiger partial charge is 0.0704 e. The maximum Gasteiger partial charge on any atom is 0.0704 e. The summed E-state index contributed by atoms with van der Waals surface area (Å²) in [6, 6.07) is 15.8. The Morgan fingerprint density at radius 1 is 0.727 bits per heavy atom. The van der Waals surface area contributed by atoms with Crippen molar-refractivity contribution in [1.82, 2.24) is 9.97 Å². The molecule has 2 heterocycles. The van der Waals surface area contributed by atoms with Crippen molar-refractivity contribution in [1.29, 1.82) is 0 Å². The molecule has 0 amide bonds. The molecule has 4 heteroatoms. The van der Waals surface area contributed by atoms with Crippen molar-refractivity contribution in [2.75, 3.05) is 0 Å². The van der Waals surface area contributed by atoms with Gasteiger partial charge in [0.1, 0.15) is 0 Å². The minimum Gasteiger partial charge on any atom is -0.871 e. The third kappa shape index (κ3) is 1.85. The van der Waals surface area contributed by atoms with Gasteiger partial charge in [-0.1, -0.05) is 54.0 Å². The fraction of sp³-hybridized carbons (Fsp3) is 0. The van der Waals surface area contributed by atoms with Crippen LogP contribution < -0.4 is 10.2 Å². The van der Waals surface area contributed by atoms with E-state index >= 15 is 0 Å². The molecule has 0 N–H and O–H groups in total. The largest absolute Gasteiger partial charge is 0.871 e. The molecule has 0 aliphatic rings. The lowest BCUT2D eigenvalue weighted by Crippen LogP contribution is -1.99. The quantitative estimate of drug-likeness (QED) is 0.539. The van der Waals surface area contributed by atoms with E-state index in [1.165, 1.54) is 6.07 Å². The summed E-state index contributed by atoms with van der Waals surface area (Å²) in [4.78, 5) is 8.52. The molecule has 0 saturated carbocycles. The van der Waals surface area contributed by atoms with Crippen molar-refractivity contribution in [3.8, 4) is 22.8 Å². The molecule has 0 aliphatic carbocycles. The summed E-state index contributed by atoms with van der Waals surface area (Å²) in [6.07, 6.45) is 1.59. The molecule has 0 unspecified atom stereocenters. The Kier molecular flexibility index (Phi) is 2.69. The Balaban J connectivity index is 1.99.